The van der Waals surface area contributed by atoms with Crippen LogP contribution in [0.2, 0.25) is 0 Å². The van der Waals surface area contributed by atoms with Gasteiger partial charge in [0, 0.05) is 17.3 Å². The molecule has 0 aromatic heterocycles. The lowest BCUT2D eigenvalue weighted by molar-refractivity contribution is -0.150. The zero-order chi connectivity index (χ0) is 24.3. The minimum absolute atomic E-state index is 0.0682. The van der Waals surface area contributed by atoms with Gasteiger partial charge in [-0.25, -0.2) is 9.79 Å². The van der Waals surface area contributed by atoms with Gasteiger partial charge in [-0.1, -0.05) is 36.9 Å². The summed E-state index contributed by atoms with van der Waals surface area (Å²) < 4.78 is 11.4. The molecule has 178 valence electrons. The third-order valence-electron chi connectivity index (χ3n) is 5.41. The van der Waals surface area contributed by atoms with Gasteiger partial charge in [-0.15, -0.1) is 0 Å². The molecule has 33 heavy (non-hydrogen) atoms. The van der Waals surface area contributed by atoms with Crippen LogP contribution < -0.4 is 10.1 Å². The average Bonchev–Trinajstić information content (AvgIpc) is 3.12. The lowest BCUT2D eigenvalue weighted by Gasteiger charge is -2.37. The quantitative estimate of drug-likeness (QED) is 0.569. The average molecular weight is 472 g/mol. The van der Waals surface area contributed by atoms with Crippen LogP contribution in [-0.2, 0) is 14.3 Å². The van der Waals surface area contributed by atoms with E-state index in [4.69, 9.17) is 14.5 Å². The van der Waals surface area contributed by atoms with Crippen molar-refractivity contribution >= 4 is 28.8 Å². The molecule has 2 aliphatic rings. The molecule has 0 saturated carbocycles. The molecule has 2 atom stereocenters. The number of para-hydroxylation sites is 1. The van der Waals surface area contributed by atoms with Gasteiger partial charge in [0.2, 0.25) is 5.91 Å². The fourth-order valence-electron chi connectivity index (χ4n) is 3.74. The van der Waals surface area contributed by atoms with Crippen molar-refractivity contribution in [3.05, 3.63) is 52.2 Å². The SMILES string of the molecule is CC[C@H](C)NC(=O)CC1=CSC2=NC(C)=C(C(=O)OC(C)(C)C)[C@@H](c3ccccc3OC)N12. The molecule has 1 aromatic carbocycles. The number of carbonyl (C=O) groups is 2. The number of nitrogens with zero attached hydrogens (tertiary/aromatic N) is 2. The summed E-state index contributed by atoms with van der Waals surface area (Å²) in [7, 11) is 1.61. The maximum atomic E-state index is 13.4. The molecule has 0 spiro atoms. The van der Waals surface area contributed by atoms with E-state index in [1.807, 2.05) is 76.1 Å². The van der Waals surface area contributed by atoms with Gasteiger partial charge >= 0.3 is 5.97 Å². The Balaban J connectivity index is 2.06. The highest BCUT2D eigenvalue weighted by Crippen LogP contribution is 2.47. The number of benzene rings is 1. The maximum absolute atomic E-state index is 13.4. The summed E-state index contributed by atoms with van der Waals surface area (Å²) in [6.45, 7) is 11.4. The van der Waals surface area contributed by atoms with Gasteiger partial charge in [-0.05, 0) is 52.5 Å². The molecule has 0 unspecified atom stereocenters. The number of rotatable bonds is 7. The van der Waals surface area contributed by atoms with E-state index in [9.17, 15) is 9.59 Å². The molecule has 0 bridgehead atoms. The van der Waals surface area contributed by atoms with Gasteiger partial charge in [0.05, 0.1) is 30.8 Å². The van der Waals surface area contributed by atoms with Crippen molar-refractivity contribution in [2.45, 2.75) is 72.1 Å². The molecule has 0 fully saturated rings. The molecule has 0 aliphatic carbocycles. The molecule has 1 N–H and O–H groups in total. The number of hydrogen-bond acceptors (Lipinski definition) is 7. The fraction of sp³-hybridized carbons (Fsp3) is 0.480. The summed E-state index contributed by atoms with van der Waals surface area (Å²) in [5.41, 5.74) is 1.97. The standard InChI is InChI=1S/C25H33N3O4S/c1-8-15(2)26-20(29)13-17-14-33-24-27-16(3)21(23(30)32-25(4,5)6)22(28(17)24)18-11-9-10-12-19(18)31-7/h9-12,14-15,22H,8,13H2,1-7H3,(H,26,29)/t15-,22+/m0/s1. The number of allylic oxidation sites excluding steroid dienone is 1. The molecule has 2 heterocycles. The van der Waals surface area contributed by atoms with Crippen molar-refractivity contribution in [1.82, 2.24) is 10.2 Å². The smallest absolute Gasteiger partial charge is 0.338 e. The minimum Gasteiger partial charge on any atom is -0.496 e. The Hall–Kier alpha value is -2.74. The second-order valence-electron chi connectivity index (χ2n) is 9.19. The Bertz CT molecular complexity index is 1020. The van der Waals surface area contributed by atoms with Gasteiger partial charge in [0.1, 0.15) is 11.4 Å². The first-order chi connectivity index (χ1) is 15.6. The summed E-state index contributed by atoms with van der Waals surface area (Å²) in [6, 6.07) is 7.16. The van der Waals surface area contributed by atoms with E-state index < -0.39 is 17.6 Å². The van der Waals surface area contributed by atoms with Gasteiger partial charge in [-0.3, -0.25) is 4.79 Å². The number of hydrogen-bond donors (Lipinski definition) is 1. The highest BCUT2D eigenvalue weighted by atomic mass is 32.2. The Morgan fingerprint density at radius 3 is 2.61 bits per heavy atom. The number of amidine groups is 1. The van der Waals surface area contributed by atoms with Gasteiger partial charge < -0.3 is 19.7 Å². The van der Waals surface area contributed by atoms with Crippen LogP contribution in [0, 0.1) is 0 Å². The highest BCUT2D eigenvalue weighted by molar-refractivity contribution is 8.16. The second kappa shape index (κ2) is 10.0. The first-order valence-electron chi connectivity index (χ1n) is 11.2. The molecular weight excluding hydrogens is 438 g/mol. The number of methoxy groups -OCH3 is 1. The number of carbonyl (C=O) groups excluding carboxylic acids is 2. The largest absolute Gasteiger partial charge is 0.496 e. The maximum Gasteiger partial charge on any atom is 0.338 e. The van der Waals surface area contributed by atoms with Crippen LogP contribution in [0.4, 0.5) is 0 Å². The second-order valence-corrected chi connectivity index (χ2v) is 10.0. The molecule has 0 radical (unpaired) electrons. The summed E-state index contributed by atoms with van der Waals surface area (Å²) in [5, 5.41) is 5.68. The predicted molar refractivity (Wildman–Crippen MR) is 132 cm³/mol. The predicted octanol–water partition coefficient (Wildman–Crippen LogP) is 4.92. The van der Waals surface area contributed by atoms with E-state index in [2.05, 4.69) is 5.32 Å². The number of fused-ring (bicyclic) bond motifs is 1. The normalized spacial score (nSPS) is 18.9. The first-order valence-corrected chi connectivity index (χ1v) is 12.0. The van der Waals surface area contributed by atoms with Crippen LogP contribution >= 0.6 is 11.8 Å². The van der Waals surface area contributed by atoms with Crippen LogP contribution in [-0.4, -0.2) is 40.7 Å². The Labute approximate surface area is 200 Å². The first kappa shape index (κ1) is 24.9. The fourth-order valence-corrected chi connectivity index (χ4v) is 4.71. The Morgan fingerprint density at radius 1 is 1.27 bits per heavy atom. The topological polar surface area (TPSA) is 80.2 Å². The summed E-state index contributed by atoms with van der Waals surface area (Å²) >= 11 is 1.45. The molecule has 1 amide bonds. The monoisotopic (exact) mass is 471 g/mol. The highest BCUT2D eigenvalue weighted by Gasteiger charge is 2.43. The van der Waals surface area contributed by atoms with E-state index in [0.717, 1.165) is 22.8 Å². The zero-order valence-electron chi connectivity index (χ0n) is 20.4. The number of thioether (sulfide) groups is 1. The van der Waals surface area contributed by atoms with Crippen molar-refractivity contribution in [3.8, 4) is 5.75 Å². The van der Waals surface area contributed by atoms with Crippen LogP contribution in [0.1, 0.15) is 66.0 Å². The third-order valence-corrected chi connectivity index (χ3v) is 6.30. The van der Waals surface area contributed by atoms with E-state index in [0.29, 0.717) is 17.0 Å². The molecular formula is C25H33N3O4S. The van der Waals surface area contributed by atoms with Crippen molar-refractivity contribution in [3.63, 3.8) is 0 Å². The third kappa shape index (κ3) is 5.61. The lowest BCUT2D eigenvalue weighted by Crippen LogP contribution is -2.40. The number of nitrogens with one attached hydrogen (secondary N) is 1. The van der Waals surface area contributed by atoms with Gasteiger partial charge in [0.25, 0.3) is 0 Å². The van der Waals surface area contributed by atoms with E-state index in [1.54, 1.807) is 7.11 Å². The van der Waals surface area contributed by atoms with Crippen LogP contribution in [0.15, 0.2) is 51.6 Å². The van der Waals surface area contributed by atoms with Gasteiger partial charge in [0.15, 0.2) is 5.17 Å². The summed E-state index contributed by atoms with van der Waals surface area (Å²) in [5.74, 6) is 0.151. The van der Waals surface area contributed by atoms with Crippen LogP contribution in [0.3, 0.4) is 0 Å². The molecule has 2 aliphatic heterocycles. The van der Waals surface area contributed by atoms with E-state index >= 15 is 0 Å². The zero-order valence-corrected chi connectivity index (χ0v) is 21.2. The van der Waals surface area contributed by atoms with Crippen LogP contribution in [0.5, 0.6) is 5.75 Å². The minimum atomic E-state index is -0.658. The van der Waals surface area contributed by atoms with Crippen LogP contribution in [0.25, 0.3) is 0 Å². The molecule has 3 rings (SSSR count). The number of aliphatic imine (C=N–C) groups is 1. The summed E-state index contributed by atoms with van der Waals surface area (Å²) in [6.07, 6.45) is 1.03. The van der Waals surface area contributed by atoms with Gasteiger partial charge in [-0.2, -0.15) is 0 Å². The van der Waals surface area contributed by atoms with Crippen molar-refractivity contribution in [2.75, 3.05) is 7.11 Å². The Kier molecular flexibility index (Phi) is 7.57. The Morgan fingerprint density at radius 2 is 1.97 bits per heavy atom. The number of ether oxygens (including phenoxy) is 2. The van der Waals surface area contributed by atoms with Crippen molar-refractivity contribution in [1.29, 1.82) is 0 Å². The van der Waals surface area contributed by atoms with Crippen molar-refractivity contribution in [2.24, 2.45) is 4.99 Å². The number of amides is 1. The summed E-state index contributed by atoms with van der Waals surface area (Å²) in [4.78, 5) is 32.8. The van der Waals surface area contributed by atoms with Crippen molar-refractivity contribution < 1.29 is 19.1 Å². The van der Waals surface area contributed by atoms with E-state index in [1.165, 1.54) is 11.8 Å². The van der Waals surface area contributed by atoms with E-state index in [-0.39, 0.29) is 18.4 Å². The molecule has 8 heteroatoms. The number of esters is 1. The molecule has 0 saturated heterocycles. The molecule has 1 aromatic rings. The lowest BCUT2D eigenvalue weighted by atomic mass is 9.93. The molecule has 7 nitrogen and oxygen atoms in total.